The first-order chi connectivity index (χ1) is 13.2. The van der Waals surface area contributed by atoms with Gasteiger partial charge < -0.3 is 4.74 Å². The first-order valence-corrected chi connectivity index (χ1v) is 12.1. The van der Waals surface area contributed by atoms with Crippen LogP contribution in [0.1, 0.15) is 25.3 Å². The number of ether oxygens (including phenoxy) is 1. The highest BCUT2D eigenvalue weighted by Crippen LogP contribution is 2.59. The lowest BCUT2D eigenvalue weighted by atomic mass is 9.95. The van der Waals surface area contributed by atoms with Gasteiger partial charge in [-0.3, -0.25) is 4.79 Å². The van der Waals surface area contributed by atoms with Crippen molar-refractivity contribution in [3.63, 3.8) is 0 Å². The molecule has 0 aliphatic heterocycles. The minimum Gasteiger partial charge on any atom is -0.351 e. The Balaban J connectivity index is 2.70. The number of Topliss-reactive ketones (excluding diaryl/α,β-unsaturated/α-hetero) is 1. The Morgan fingerprint density at radius 1 is 1.07 bits per heavy atom. The molecule has 0 saturated heterocycles. The van der Waals surface area contributed by atoms with E-state index in [1.54, 1.807) is 19.1 Å². The van der Waals surface area contributed by atoms with E-state index in [1.165, 1.54) is 12.1 Å². The highest BCUT2D eigenvalue weighted by molar-refractivity contribution is 7.89. The molecule has 12 heteroatoms. The number of hydrogen-bond acceptors (Lipinski definition) is 4. The summed E-state index contributed by atoms with van der Waals surface area (Å²) in [6.07, 6.45) is 1.18. The molecular formula is C17H17Cl6NO4S. The van der Waals surface area contributed by atoms with Gasteiger partial charge in [-0.25, -0.2) is 8.42 Å². The van der Waals surface area contributed by atoms with E-state index in [0.717, 1.165) is 5.56 Å². The lowest BCUT2D eigenvalue weighted by Gasteiger charge is -2.49. The van der Waals surface area contributed by atoms with Gasteiger partial charge in [0.2, 0.25) is 30.2 Å². The molecule has 1 unspecified atom stereocenters. The minimum atomic E-state index is -4.32. The number of carbonyl (C=O) groups is 1. The number of alkyl halides is 4. The van der Waals surface area contributed by atoms with Crippen molar-refractivity contribution in [2.24, 2.45) is 0 Å². The third kappa shape index (κ3) is 4.43. The summed E-state index contributed by atoms with van der Waals surface area (Å²) in [5.41, 5.74) is -1.59. The van der Waals surface area contributed by atoms with Gasteiger partial charge in [0.05, 0.1) is 9.93 Å². The van der Waals surface area contributed by atoms with Crippen molar-refractivity contribution in [1.82, 2.24) is 4.72 Å². The molecule has 1 atom stereocenters. The highest BCUT2D eigenvalue weighted by atomic mass is 35.5. The molecule has 162 valence electrons. The Kier molecular flexibility index (Phi) is 7.92. The fourth-order valence-electron chi connectivity index (χ4n) is 2.52. The molecule has 1 aliphatic carbocycles. The van der Waals surface area contributed by atoms with Crippen LogP contribution in [0.4, 0.5) is 0 Å². The van der Waals surface area contributed by atoms with Gasteiger partial charge in [0, 0.05) is 6.61 Å². The molecule has 1 aliphatic rings. The molecule has 0 heterocycles. The van der Waals surface area contributed by atoms with E-state index >= 15 is 0 Å². The van der Waals surface area contributed by atoms with Crippen molar-refractivity contribution in [3.8, 4) is 0 Å². The smallest absolute Gasteiger partial charge is 0.243 e. The maximum absolute atomic E-state index is 13.1. The number of allylic oxidation sites excluding steroid dienone is 1. The van der Waals surface area contributed by atoms with Crippen LogP contribution >= 0.6 is 69.6 Å². The molecule has 2 rings (SSSR count). The van der Waals surface area contributed by atoms with Crippen molar-refractivity contribution in [2.45, 2.75) is 46.0 Å². The summed E-state index contributed by atoms with van der Waals surface area (Å²) in [6.45, 7) is 3.64. The van der Waals surface area contributed by atoms with Crippen molar-refractivity contribution >= 4 is 85.4 Å². The van der Waals surface area contributed by atoms with E-state index in [1.807, 2.05) is 6.92 Å². The predicted molar refractivity (Wildman–Crippen MR) is 118 cm³/mol. The summed E-state index contributed by atoms with van der Waals surface area (Å²) >= 11 is 37.3. The Morgan fingerprint density at radius 2 is 1.62 bits per heavy atom. The number of benzene rings is 1. The average Bonchev–Trinajstić information content (AvgIpc) is 2.64. The summed E-state index contributed by atoms with van der Waals surface area (Å²) < 4.78 is 29.0. The maximum Gasteiger partial charge on any atom is 0.243 e. The summed E-state index contributed by atoms with van der Waals surface area (Å²) in [5.74, 6) is -1.08. The fourth-order valence-corrected chi connectivity index (χ4v) is 5.81. The molecule has 0 radical (unpaired) electrons. The molecule has 0 aromatic heterocycles. The van der Waals surface area contributed by atoms with Crippen molar-refractivity contribution in [1.29, 1.82) is 0 Å². The van der Waals surface area contributed by atoms with Gasteiger partial charge >= 0.3 is 0 Å². The highest BCUT2D eigenvalue weighted by Gasteiger charge is 2.72. The van der Waals surface area contributed by atoms with Crippen LogP contribution in [0.3, 0.4) is 0 Å². The number of hydrogen-bond donors (Lipinski definition) is 1. The largest absolute Gasteiger partial charge is 0.351 e. The second kappa shape index (κ2) is 9.00. The number of ketones is 1. The Hall–Kier alpha value is 0.240. The third-order valence-electron chi connectivity index (χ3n) is 4.25. The van der Waals surface area contributed by atoms with Crippen molar-refractivity contribution < 1.29 is 17.9 Å². The number of aryl methyl sites for hydroxylation is 1. The summed E-state index contributed by atoms with van der Waals surface area (Å²) in [6, 6.07) is 5.92. The van der Waals surface area contributed by atoms with E-state index in [0.29, 0.717) is 12.8 Å². The van der Waals surface area contributed by atoms with E-state index in [4.69, 9.17) is 74.3 Å². The van der Waals surface area contributed by atoms with E-state index in [9.17, 15) is 13.2 Å². The lowest BCUT2D eigenvalue weighted by Crippen LogP contribution is -2.71. The van der Waals surface area contributed by atoms with Crippen molar-refractivity contribution in [3.05, 3.63) is 39.9 Å². The minimum absolute atomic E-state index is 0.0352. The van der Waals surface area contributed by atoms with Gasteiger partial charge in [-0.2, -0.15) is 4.72 Å². The third-order valence-corrected chi connectivity index (χ3v) is 9.01. The van der Waals surface area contributed by atoms with Crippen LogP contribution in [-0.2, 0) is 19.6 Å². The number of rotatable bonds is 7. The molecule has 0 fully saturated rings. The summed E-state index contributed by atoms with van der Waals surface area (Å²) in [7, 11) is -4.32. The van der Waals surface area contributed by atoms with Crippen LogP contribution in [0.2, 0.25) is 0 Å². The molecule has 0 bridgehead atoms. The standard InChI is InChI=1S/C17H17Cl6NO4S/c1-3-4-9-28-16(24-29(26,27)11-7-5-10(2)6-8-11)13(19)12(18)14(25)15(20,21)17(16,22)23/h5-8,24H,3-4,9H2,1-2H3. The predicted octanol–water partition coefficient (Wildman–Crippen LogP) is 5.41. The molecule has 0 saturated carbocycles. The van der Waals surface area contributed by atoms with Crippen LogP contribution < -0.4 is 4.72 Å². The second-order valence-electron chi connectivity index (χ2n) is 6.41. The van der Waals surface area contributed by atoms with Gasteiger partial charge in [-0.15, -0.1) is 0 Å². The quantitative estimate of drug-likeness (QED) is 0.284. The molecule has 0 spiro atoms. The Morgan fingerprint density at radius 3 is 2.14 bits per heavy atom. The summed E-state index contributed by atoms with van der Waals surface area (Å²) in [5, 5.41) is -1.21. The van der Waals surface area contributed by atoms with Gasteiger partial charge in [-0.1, -0.05) is 101 Å². The first kappa shape index (κ1) is 25.5. The van der Waals surface area contributed by atoms with Crippen molar-refractivity contribution in [2.75, 3.05) is 6.61 Å². The van der Waals surface area contributed by atoms with Crippen LogP contribution in [-0.4, -0.2) is 35.2 Å². The van der Waals surface area contributed by atoms with Gasteiger partial charge in [0.25, 0.3) is 0 Å². The SMILES string of the molecule is CCCCOC1(NS(=O)(=O)c2ccc(C)cc2)C(Cl)=C(Cl)C(=O)C(Cl)(Cl)C1(Cl)Cl. The van der Waals surface area contributed by atoms with E-state index < -0.39 is 40.3 Å². The Bertz CT molecular complexity index is 930. The van der Waals surface area contributed by atoms with Gasteiger partial charge in [-0.05, 0) is 25.5 Å². The van der Waals surface area contributed by atoms with E-state index in [-0.39, 0.29) is 11.5 Å². The topological polar surface area (TPSA) is 72.5 Å². The van der Waals surface area contributed by atoms with E-state index in [2.05, 4.69) is 4.72 Å². The first-order valence-electron chi connectivity index (χ1n) is 8.35. The molecule has 0 amide bonds. The van der Waals surface area contributed by atoms with Crippen LogP contribution in [0.25, 0.3) is 0 Å². The zero-order chi connectivity index (χ0) is 22.3. The second-order valence-corrected chi connectivity index (χ2v) is 11.5. The van der Waals surface area contributed by atoms with Gasteiger partial charge in [0.15, 0.2) is 0 Å². The fraction of sp³-hybridized carbons (Fsp3) is 0.471. The number of halogens is 6. The van der Waals surface area contributed by atoms with Crippen LogP contribution in [0.15, 0.2) is 39.2 Å². The maximum atomic E-state index is 13.1. The average molecular weight is 544 g/mol. The molecule has 29 heavy (non-hydrogen) atoms. The van der Waals surface area contributed by atoms with Gasteiger partial charge in [0.1, 0.15) is 5.03 Å². The molecule has 1 aromatic carbocycles. The molecule has 1 aromatic rings. The molecule has 1 N–H and O–H groups in total. The zero-order valence-corrected chi connectivity index (χ0v) is 20.6. The summed E-state index contributed by atoms with van der Waals surface area (Å²) in [4.78, 5) is 12.3. The lowest BCUT2D eigenvalue weighted by molar-refractivity contribution is -0.120. The number of sulfonamides is 1. The monoisotopic (exact) mass is 541 g/mol. The number of carbonyl (C=O) groups excluding carboxylic acids is 1. The Labute approximate surface area is 199 Å². The van der Waals surface area contributed by atoms with Crippen LogP contribution in [0, 0.1) is 6.92 Å². The molecular weight excluding hydrogens is 527 g/mol. The van der Waals surface area contributed by atoms with Crippen LogP contribution in [0.5, 0.6) is 0 Å². The zero-order valence-electron chi connectivity index (χ0n) is 15.2. The normalized spacial score (nSPS) is 24.1. The number of nitrogens with one attached hydrogen (secondary N) is 1. The number of unbranched alkanes of at least 4 members (excludes halogenated alkanes) is 1. The molecule has 5 nitrogen and oxygen atoms in total.